The Bertz CT molecular complexity index is 882. The van der Waals surface area contributed by atoms with Crippen molar-refractivity contribution in [2.45, 2.75) is 45.8 Å². The van der Waals surface area contributed by atoms with E-state index in [1.807, 2.05) is 0 Å². The fraction of sp³-hybridized carbons (Fsp3) is 0.529. The third-order valence-electron chi connectivity index (χ3n) is 3.79. The smallest absolute Gasteiger partial charge is 0.426 e. The van der Waals surface area contributed by atoms with Gasteiger partial charge in [-0.2, -0.15) is 12.7 Å². The second-order valence-corrected chi connectivity index (χ2v) is 8.73. The van der Waals surface area contributed by atoms with E-state index in [0.29, 0.717) is 4.31 Å². The van der Waals surface area contributed by atoms with Crippen LogP contribution in [0.25, 0.3) is 0 Å². The molecule has 2 rings (SSSR count). The number of carbonyl (C=O) groups is 2. The van der Waals surface area contributed by atoms with Crippen molar-refractivity contribution in [2.75, 3.05) is 18.5 Å². The average Bonchev–Trinajstić information content (AvgIpc) is 2.78. The van der Waals surface area contributed by atoms with Gasteiger partial charge in [0.25, 0.3) is 0 Å². The van der Waals surface area contributed by atoms with E-state index >= 15 is 0 Å². The van der Waals surface area contributed by atoms with Crippen molar-refractivity contribution in [2.24, 2.45) is 0 Å². The first-order valence-corrected chi connectivity index (χ1v) is 9.83. The SMILES string of the molecule is CCOC(=O)Nc1ccc(F)c([C@]2(C)COS(=O)(=O)N2C(=O)OC(C)(C)C)c1. The van der Waals surface area contributed by atoms with Gasteiger partial charge in [-0.05, 0) is 52.8 Å². The number of benzene rings is 1. The molecular weight excluding hydrogens is 395 g/mol. The van der Waals surface area contributed by atoms with E-state index < -0.39 is 46.1 Å². The van der Waals surface area contributed by atoms with Crippen molar-refractivity contribution >= 4 is 28.2 Å². The number of halogens is 1. The number of hydrogen-bond acceptors (Lipinski definition) is 7. The maximum Gasteiger partial charge on any atom is 0.426 e. The summed E-state index contributed by atoms with van der Waals surface area (Å²) < 4.78 is 54.3. The van der Waals surface area contributed by atoms with Gasteiger partial charge in [-0.1, -0.05) is 0 Å². The normalized spacial score (nSPS) is 21.3. The molecule has 0 aliphatic carbocycles. The predicted molar refractivity (Wildman–Crippen MR) is 97.3 cm³/mol. The average molecular weight is 418 g/mol. The van der Waals surface area contributed by atoms with Crippen molar-refractivity contribution in [3.05, 3.63) is 29.6 Å². The lowest BCUT2D eigenvalue weighted by atomic mass is 9.92. The number of nitrogens with zero attached hydrogens (tertiary/aromatic N) is 1. The first kappa shape index (κ1) is 21.9. The second kappa shape index (κ2) is 7.55. The monoisotopic (exact) mass is 418 g/mol. The molecule has 0 saturated carbocycles. The van der Waals surface area contributed by atoms with Crippen LogP contribution < -0.4 is 5.32 Å². The van der Waals surface area contributed by atoms with E-state index in [-0.39, 0.29) is 17.9 Å². The van der Waals surface area contributed by atoms with E-state index in [2.05, 4.69) is 5.32 Å². The van der Waals surface area contributed by atoms with E-state index in [1.54, 1.807) is 27.7 Å². The van der Waals surface area contributed by atoms with Crippen LogP contribution in [0.3, 0.4) is 0 Å². The molecular formula is C17H23FN2O7S. The molecule has 9 nitrogen and oxygen atoms in total. The van der Waals surface area contributed by atoms with Crippen LogP contribution >= 0.6 is 0 Å². The zero-order valence-corrected chi connectivity index (χ0v) is 17.1. The third-order valence-corrected chi connectivity index (χ3v) is 5.20. The molecule has 1 heterocycles. The summed E-state index contributed by atoms with van der Waals surface area (Å²) in [7, 11) is -4.50. The summed E-state index contributed by atoms with van der Waals surface area (Å²) in [5.41, 5.74) is -2.72. The highest BCUT2D eigenvalue weighted by Gasteiger charge is 2.55. The highest BCUT2D eigenvalue weighted by Crippen LogP contribution is 2.40. The van der Waals surface area contributed by atoms with Gasteiger partial charge in [0.1, 0.15) is 17.0 Å². The van der Waals surface area contributed by atoms with Crippen LogP contribution in [-0.4, -0.2) is 43.7 Å². The summed E-state index contributed by atoms with van der Waals surface area (Å²) in [6, 6.07) is 3.54. The van der Waals surface area contributed by atoms with Gasteiger partial charge in [-0.3, -0.25) is 9.50 Å². The molecule has 156 valence electrons. The minimum Gasteiger partial charge on any atom is -0.450 e. The molecule has 1 atom stereocenters. The van der Waals surface area contributed by atoms with Crippen molar-refractivity contribution in [1.82, 2.24) is 4.31 Å². The summed E-state index contributed by atoms with van der Waals surface area (Å²) in [4.78, 5) is 24.2. The first-order chi connectivity index (χ1) is 12.8. The minimum absolute atomic E-state index is 0.135. The standard InChI is InChI=1S/C17H23FN2O7S/c1-6-25-14(21)19-11-7-8-13(18)12(9-11)17(5)10-26-28(23,24)20(17)15(22)27-16(2,3)4/h7-9H,6,10H2,1-5H3,(H,19,21)/t17-/m0/s1. The van der Waals surface area contributed by atoms with Gasteiger partial charge in [-0.15, -0.1) is 0 Å². The molecule has 11 heteroatoms. The summed E-state index contributed by atoms with van der Waals surface area (Å²) in [6.45, 7) is 7.26. The Labute approximate surface area is 163 Å². The summed E-state index contributed by atoms with van der Waals surface area (Å²) in [5.74, 6) is -0.786. The highest BCUT2D eigenvalue weighted by molar-refractivity contribution is 7.85. The van der Waals surface area contributed by atoms with Crippen LogP contribution in [0.4, 0.5) is 19.7 Å². The molecule has 0 aromatic heterocycles. The van der Waals surface area contributed by atoms with Crippen molar-refractivity contribution in [3.63, 3.8) is 0 Å². The molecule has 2 amide bonds. The van der Waals surface area contributed by atoms with Crippen molar-refractivity contribution in [3.8, 4) is 0 Å². The molecule has 1 aromatic rings. The largest absolute Gasteiger partial charge is 0.450 e. The maximum atomic E-state index is 14.6. The van der Waals surface area contributed by atoms with E-state index in [4.69, 9.17) is 13.7 Å². The molecule has 0 bridgehead atoms. The Hall–Kier alpha value is -2.40. The van der Waals surface area contributed by atoms with Gasteiger partial charge in [0.2, 0.25) is 0 Å². The molecule has 1 aliphatic heterocycles. The van der Waals surface area contributed by atoms with Crippen LogP contribution in [0.1, 0.15) is 40.2 Å². The van der Waals surface area contributed by atoms with Crippen LogP contribution in [-0.2, 0) is 29.5 Å². The maximum absolute atomic E-state index is 14.6. The molecule has 0 unspecified atom stereocenters. The fourth-order valence-corrected chi connectivity index (χ4v) is 3.98. The van der Waals surface area contributed by atoms with E-state index in [0.717, 1.165) is 6.07 Å². The minimum atomic E-state index is -4.50. The zero-order valence-electron chi connectivity index (χ0n) is 16.2. The number of carbonyl (C=O) groups excluding carboxylic acids is 2. The van der Waals surface area contributed by atoms with Crippen molar-refractivity contribution in [1.29, 1.82) is 0 Å². The van der Waals surface area contributed by atoms with Crippen LogP contribution in [0.15, 0.2) is 18.2 Å². The first-order valence-electron chi connectivity index (χ1n) is 8.47. The van der Waals surface area contributed by atoms with Crippen LogP contribution in [0, 0.1) is 5.82 Å². The lowest BCUT2D eigenvalue weighted by molar-refractivity contribution is 0.0262. The van der Waals surface area contributed by atoms with Gasteiger partial charge in [0, 0.05) is 11.3 Å². The summed E-state index contributed by atoms with van der Waals surface area (Å²) in [6.07, 6.45) is -1.96. The number of anilines is 1. The Kier molecular flexibility index (Phi) is 5.90. The Morgan fingerprint density at radius 3 is 2.57 bits per heavy atom. The number of amides is 2. The number of hydrogen-bond donors (Lipinski definition) is 1. The van der Waals surface area contributed by atoms with Crippen molar-refractivity contribution < 1.29 is 36.1 Å². The number of ether oxygens (including phenoxy) is 2. The van der Waals surface area contributed by atoms with E-state index in [1.165, 1.54) is 19.1 Å². The highest BCUT2D eigenvalue weighted by atomic mass is 32.2. The molecule has 1 N–H and O–H groups in total. The Morgan fingerprint density at radius 1 is 1.36 bits per heavy atom. The van der Waals surface area contributed by atoms with Gasteiger partial charge >= 0.3 is 22.5 Å². The third kappa shape index (κ3) is 4.53. The van der Waals surface area contributed by atoms with Gasteiger partial charge < -0.3 is 9.47 Å². The number of nitrogens with one attached hydrogen (secondary N) is 1. The molecule has 0 spiro atoms. The quantitative estimate of drug-likeness (QED) is 0.803. The predicted octanol–water partition coefficient (Wildman–Crippen LogP) is 3.12. The summed E-state index contributed by atoms with van der Waals surface area (Å²) >= 11 is 0. The van der Waals surface area contributed by atoms with Gasteiger partial charge in [0.15, 0.2) is 0 Å². The molecule has 1 aliphatic rings. The Morgan fingerprint density at radius 2 is 2.00 bits per heavy atom. The second-order valence-electron chi connectivity index (χ2n) is 7.28. The lowest BCUT2D eigenvalue weighted by Crippen LogP contribution is -2.48. The Balaban J connectivity index is 2.48. The molecule has 1 fully saturated rings. The van der Waals surface area contributed by atoms with Crippen LogP contribution in [0.2, 0.25) is 0 Å². The number of rotatable bonds is 3. The molecule has 1 saturated heterocycles. The zero-order chi connectivity index (χ0) is 21.3. The topological polar surface area (TPSA) is 111 Å². The molecule has 0 radical (unpaired) electrons. The van der Waals surface area contributed by atoms with Crippen LogP contribution in [0.5, 0.6) is 0 Å². The molecule has 1 aromatic carbocycles. The molecule has 28 heavy (non-hydrogen) atoms. The van der Waals surface area contributed by atoms with E-state index in [9.17, 15) is 22.4 Å². The lowest BCUT2D eigenvalue weighted by Gasteiger charge is -2.33. The summed E-state index contributed by atoms with van der Waals surface area (Å²) in [5, 5.41) is 2.40. The fourth-order valence-electron chi connectivity index (χ4n) is 2.63. The van der Waals surface area contributed by atoms with Gasteiger partial charge in [-0.25, -0.2) is 14.0 Å². The van der Waals surface area contributed by atoms with Gasteiger partial charge in [0.05, 0.1) is 13.2 Å².